The number of amides is 1. The van der Waals surface area contributed by atoms with E-state index in [0.717, 1.165) is 19.3 Å². The van der Waals surface area contributed by atoms with Gasteiger partial charge in [0.1, 0.15) is 17.0 Å². The largest absolute Gasteiger partial charge is 0.497 e. The third kappa shape index (κ3) is 4.86. The van der Waals surface area contributed by atoms with Crippen molar-refractivity contribution >= 4 is 11.9 Å². The van der Waals surface area contributed by atoms with Gasteiger partial charge < -0.3 is 19.5 Å². The highest BCUT2D eigenvalue weighted by Gasteiger charge is 2.33. The second kappa shape index (κ2) is 8.38. The molecule has 1 fully saturated rings. The van der Waals surface area contributed by atoms with Gasteiger partial charge >= 0.3 is 5.97 Å². The molecule has 0 saturated heterocycles. The Kier molecular flexibility index (Phi) is 6.23. The molecule has 0 radical (unpaired) electrons. The minimum Gasteiger partial charge on any atom is -0.497 e. The Morgan fingerprint density at radius 1 is 1.12 bits per heavy atom. The van der Waals surface area contributed by atoms with Crippen LogP contribution in [0.2, 0.25) is 0 Å². The summed E-state index contributed by atoms with van der Waals surface area (Å²) < 4.78 is 15.2. The fourth-order valence-electron chi connectivity index (χ4n) is 2.86. The number of carbonyl (C=O) groups is 2. The lowest BCUT2D eigenvalue weighted by Gasteiger charge is -2.31. The van der Waals surface area contributed by atoms with Gasteiger partial charge in [0.2, 0.25) is 0 Å². The van der Waals surface area contributed by atoms with Crippen molar-refractivity contribution in [1.29, 1.82) is 5.26 Å². The zero-order chi connectivity index (χ0) is 18.3. The molecule has 0 spiro atoms. The maximum Gasteiger partial charge on any atom is 0.338 e. The number of nitriles is 1. The molecule has 1 aliphatic rings. The normalized spacial score (nSPS) is 15.6. The SMILES string of the molecule is COc1cc(OC)cc(C(=O)OCC(=O)NC2(C#N)CCCCC2)c1. The van der Waals surface area contributed by atoms with Crippen molar-refractivity contribution in [3.05, 3.63) is 23.8 Å². The zero-order valence-corrected chi connectivity index (χ0v) is 14.5. The zero-order valence-electron chi connectivity index (χ0n) is 14.5. The number of rotatable bonds is 6. The van der Waals surface area contributed by atoms with Gasteiger partial charge in [-0.3, -0.25) is 4.79 Å². The predicted molar refractivity (Wildman–Crippen MR) is 89.4 cm³/mol. The number of hydrogen-bond donors (Lipinski definition) is 1. The van der Waals surface area contributed by atoms with Crippen LogP contribution in [-0.2, 0) is 9.53 Å². The standard InChI is InChI=1S/C18H22N2O5/c1-23-14-8-13(9-15(10-14)24-2)17(22)25-11-16(21)20-18(12-19)6-4-3-5-7-18/h8-10H,3-7,11H2,1-2H3,(H,20,21). The molecule has 0 unspecified atom stereocenters. The number of ether oxygens (including phenoxy) is 3. The lowest BCUT2D eigenvalue weighted by molar-refractivity contribution is -0.125. The first-order chi connectivity index (χ1) is 12.0. The molecule has 1 saturated carbocycles. The van der Waals surface area contributed by atoms with E-state index in [2.05, 4.69) is 11.4 Å². The van der Waals surface area contributed by atoms with Crippen molar-refractivity contribution in [2.75, 3.05) is 20.8 Å². The summed E-state index contributed by atoms with van der Waals surface area (Å²) in [5.74, 6) is -0.253. The first-order valence-corrected chi connectivity index (χ1v) is 8.14. The molecule has 25 heavy (non-hydrogen) atoms. The molecule has 1 amide bonds. The molecule has 1 aromatic carbocycles. The summed E-state index contributed by atoms with van der Waals surface area (Å²) in [6.07, 6.45) is 4.10. The number of nitrogens with zero attached hydrogens (tertiary/aromatic N) is 1. The van der Waals surface area contributed by atoms with Crippen LogP contribution in [0.15, 0.2) is 18.2 Å². The van der Waals surface area contributed by atoms with Crippen LogP contribution in [0.3, 0.4) is 0 Å². The number of benzene rings is 1. The van der Waals surface area contributed by atoms with Crippen LogP contribution in [0.5, 0.6) is 11.5 Å². The Hall–Kier alpha value is -2.75. The maximum absolute atomic E-state index is 12.1. The highest BCUT2D eigenvalue weighted by Crippen LogP contribution is 2.27. The molecule has 2 rings (SSSR count). The molecule has 134 valence electrons. The topological polar surface area (TPSA) is 97.7 Å². The Labute approximate surface area is 146 Å². The molecule has 0 aliphatic heterocycles. The lowest BCUT2D eigenvalue weighted by Crippen LogP contribution is -2.50. The molecule has 7 nitrogen and oxygen atoms in total. The van der Waals surface area contributed by atoms with E-state index >= 15 is 0 Å². The van der Waals surface area contributed by atoms with Gasteiger partial charge in [-0.2, -0.15) is 5.26 Å². The van der Waals surface area contributed by atoms with E-state index in [1.54, 1.807) is 6.07 Å². The molecular formula is C18H22N2O5. The molecule has 0 aromatic heterocycles. The number of esters is 1. The quantitative estimate of drug-likeness (QED) is 0.793. The Morgan fingerprint density at radius 3 is 2.24 bits per heavy atom. The fourth-order valence-corrected chi connectivity index (χ4v) is 2.86. The Balaban J connectivity index is 1.95. The average molecular weight is 346 g/mol. The summed E-state index contributed by atoms with van der Waals surface area (Å²) in [5.41, 5.74) is -0.627. The summed E-state index contributed by atoms with van der Waals surface area (Å²) in [5, 5.41) is 12.1. The summed E-state index contributed by atoms with van der Waals surface area (Å²) in [6.45, 7) is -0.443. The summed E-state index contributed by atoms with van der Waals surface area (Å²) in [4.78, 5) is 24.2. The molecule has 0 heterocycles. The lowest BCUT2D eigenvalue weighted by atomic mass is 9.83. The van der Waals surface area contributed by atoms with Crippen LogP contribution >= 0.6 is 0 Å². The summed E-state index contributed by atoms with van der Waals surface area (Å²) in [6, 6.07) is 6.82. The van der Waals surface area contributed by atoms with Gasteiger partial charge in [0.15, 0.2) is 6.61 Å². The Bertz CT molecular complexity index is 652. The molecule has 1 aromatic rings. The molecule has 1 aliphatic carbocycles. The predicted octanol–water partition coefficient (Wildman–Crippen LogP) is 2.20. The monoisotopic (exact) mass is 346 g/mol. The highest BCUT2D eigenvalue weighted by atomic mass is 16.5. The third-order valence-corrected chi connectivity index (χ3v) is 4.22. The fraction of sp³-hybridized carbons (Fsp3) is 0.500. The van der Waals surface area contributed by atoms with Gasteiger partial charge in [-0.1, -0.05) is 19.3 Å². The number of hydrogen-bond acceptors (Lipinski definition) is 6. The summed E-state index contributed by atoms with van der Waals surface area (Å²) in [7, 11) is 2.95. The van der Waals surface area contributed by atoms with Crippen molar-refractivity contribution in [2.45, 2.75) is 37.6 Å². The number of nitrogens with one attached hydrogen (secondary N) is 1. The number of carbonyl (C=O) groups excluding carboxylic acids is 2. The number of methoxy groups -OCH3 is 2. The van der Waals surface area contributed by atoms with Gasteiger partial charge in [-0.15, -0.1) is 0 Å². The van der Waals surface area contributed by atoms with E-state index in [1.807, 2.05) is 0 Å². The van der Waals surface area contributed by atoms with Gasteiger partial charge in [0.25, 0.3) is 5.91 Å². The van der Waals surface area contributed by atoms with Crippen molar-refractivity contribution in [3.63, 3.8) is 0 Å². The smallest absolute Gasteiger partial charge is 0.338 e. The van der Waals surface area contributed by atoms with Crippen LogP contribution in [0.25, 0.3) is 0 Å². The van der Waals surface area contributed by atoms with Gasteiger partial charge in [0.05, 0.1) is 25.9 Å². The third-order valence-electron chi connectivity index (χ3n) is 4.22. The van der Waals surface area contributed by atoms with Crippen molar-refractivity contribution in [1.82, 2.24) is 5.32 Å². The molecule has 7 heteroatoms. The molecule has 0 atom stereocenters. The highest BCUT2D eigenvalue weighted by molar-refractivity contribution is 5.92. The minimum absolute atomic E-state index is 0.219. The van der Waals surface area contributed by atoms with Crippen molar-refractivity contribution < 1.29 is 23.8 Å². The van der Waals surface area contributed by atoms with E-state index < -0.39 is 24.0 Å². The molecule has 1 N–H and O–H groups in total. The van der Waals surface area contributed by atoms with Crippen molar-refractivity contribution in [3.8, 4) is 17.6 Å². The minimum atomic E-state index is -0.846. The van der Waals surface area contributed by atoms with E-state index in [4.69, 9.17) is 14.2 Å². The van der Waals surface area contributed by atoms with Crippen LogP contribution in [0, 0.1) is 11.3 Å². The van der Waals surface area contributed by atoms with Gasteiger partial charge in [-0.25, -0.2) is 4.79 Å². The molecule has 0 bridgehead atoms. The van der Waals surface area contributed by atoms with E-state index in [0.29, 0.717) is 24.3 Å². The second-order valence-corrected chi connectivity index (χ2v) is 5.98. The first-order valence-electron chi connectivity index (χ1n) is 8.14. The van der Waals surface area contributed by atoms with E-state index in [1.165, 1.54) is 26.4 Å². The van der Waals surface area contributed by atoms with Crippen LogP contribution in [-0.4, -0.2) is 38.2 Å². The Morgan fingerprint density at radius 2 is 1.72 bits per heavy atom. The van der Waals surface area contributed by atoms with Crippen LogP contribution in [0.4, 0.5) is 0 Å². The van der Waals surface area contributed by atoms with E-state index in [-0.39, 0.29) is 5.56 Å². The second-order valence-electron chi connectivity index (χ2n) is 5.98. The molecular weight excluding hydrogens is 324 g/mol. The van der Waals surface area contributed by atoms with Gasteiger partial charge in [-0.05, 0) is 25.0 Å². The van der Waals surface area contributed by atoms with Crippen molar-refractivity contribution in [2.24, 2.45) is 0 Å². The summed E-state index contributed by atoms with van der Waals surface area (Å²) >= 11 is 0. The first kappa shape index (κ1) is 18.6. The van der Waals surface area contributed by atoms with E-state index in [9.17, 15) is 14.9 Å². The van der Waals surface area contributed by atoms with Crippen LogP contribution in [0.1, 0.15) is 42.5 Å². The van der Waals surface area contributed by atoms with Gasteiger partial charge in [0, 0.05) is 6.07 Å². The maximum atomic E-state index is 12.1. The van der Waals surface area contributed by atoms with Crippen LogP contribution < -0.4 is 14.8 Å². The average Bonchev–Trinajstić information content (AvgIpc) is 2.66.